The molecule has 2 heterocycles. The third-order valence-corrected chi connectivity index (χ3v) is 4.10. The lowest BCUT2D eigenvalue weighted by Crippen LogP contribution is -2.35. The second-order valence-corrected chi connectivity index (χ2v) is 6.20. The standard InChI is InChI=1S/C20H18N4O6/c25-19(23-21-11-13-1-3-15-17(9-13)29-7-5-27-15)20(26)24-22-12-14-2-4-16-18(10-14)30-8-6-28-16/h1-4,9-12H,5-8H2,(H,23,25)(H,24,26). The number of fused-ring (bicyclic) bond motifs is 2. The van der Waals surface area contributed by atoms with E-state index >= 15 is 0 Å². The number of ether oxygens (including phenoxy) is 4. The van der Waals surface area contributed by atoms with Crippen molar-refractivity contribution >= 4 is 24.2 Å². The second-order valence-electron chi connectivity index (χ2n) is 6.20. The highest BCUT2D eigenvalue weighted by molar-refractivity contribution is 6.35. The third kappa shape index (κ3) is 4.66. The van der Waals surface area contributed by atoms with Gasteiger partial charge in [0.2, 0.25) is 0 Å². The van der Waals surface area contributed by atoms with Crippen molar-refractivity contribution in [2.45, 2.75) is 0 Å². The van der Waals surface area contributed by atoms with Gasteiger partial charge in [-0.2, -0.15) is 10.2 Å². The molecule has 0 aromatic heterocycles. The van der Waals surface area contributed by atoms with E-state index in [2.05, 4.69) is 21.1 Å². The van der Waals surface area contributed by atoms with E-state index in [1.807, 2.05) is 0 Å². The molecule has 0 fully saturated rings. The summed E-state index contributed by atoms with van der Waals surface area (Å²) in [5.74, 6) is 0.590. The highest BCUT2D eigenvalue weighted by atomic mass is 16.6. The van der Waals surface area contributed by atoms with E-state index < -0.39 is 11.8 Å². The molecule has 30 heavy (non-hydrogen) atoms. The fourth-order valence-electron chi connectivity index (χ4n) is 2.71. The van der Waals surface area contributed by atoms with Crippen LogP contribution >= 0.6 is 0 Å². The van der Waals surface area contributed by atoms with E-state index in [1.165, 1.54) is 12.4 Å². The van der Waals surface area contributed by atoms with Crippen molar-refractivity contribution in [2.24, 2.45) is 10.2 Å². The molecule has 0 unspecified atom stereocenters. The zero-order valence-electron chi connectivity index (χ0n) is 15.8. The van der Waals surface area contributed by atoms with Crippen LogP contribution < -0.4 is 29.8 Å². The molecule has 4 rings (SSSR count). The molecule has 0 saturated heterocycles. The van der Waals surface area contributed by atoms with Gasteiger partial charge < -0.3 is 18.9 Å². The highest BCUT2D eigenvalue weighted by Gasteiger charge is 2.13. The first kappa shape index (κ1) is 19.2. The SMILES string of the molecule is O=C(NN=Cc1ccc2c(c1)OCCO2)C(=O)NN=Cc1ccc2c(c1)OCCO2. The Kier molecular flexibility index (Phi) is 5.74. The third-order valence-electron chi connectivity index (χ3n) is 4.10. The van der Waals surface area contributed by atoms with Crippen molar-refractivity contribution < 1.29 is 28.5 Å². The molecular weight excluding hydrogens is 392 g/mol. The maximum absolute atomic E-state index is 11.8. The van der Waals surface area contributed by atoms with E-state index in [9.17, 15) is 9.59 Å². The highest BCUT2D eigenvalue weighted by Crippen LogP contribution is 2.31. The number of benzene rings is 2. The Morgan fingerprint density at radius 3 is 1.50 bits per heavy atom. The summed E-state index contributed by atoms with van der Waals surface area (Å²) in [4.78, 5) is 23.6. The summed E-state index contributed by atoms with van der Waals surface area (Å²) in [6.07, 6.45) is 2.78. The van der Waals surface area contributed by atoms with Crippen molar-refractivity contribution in [3.05, 3.63) is 47.5 Å². The van der Waals surface area contributed by atoms with Crippen molar-refractivity contribution in [3.8, 4) is 23.0 Å². The fourth-order valence-corrected chi connectivity index (χ4v) is 2.71. The van der Waals surface area contributed by atoms with E-state index in [4.69, 9.17) is 18.9 Å². The van der Waals surface area contributed by atoms with Crippen LogP contribution in [0, 0.1) is 0 Å². The van der Waals surface area contributed by atoms with Gasteiger partial charge in [0.25, 0.3) is 0 Å². The Labute approximate surface area is 171 Å². The normalized spacial score (nSPS) is 14.5. The maximum Gasteiger partial charge on any atom is 0.331 e. The Hall–Kier alpha value is -4.08. The molecule has 10 heteroatoms. The fraction of sp³-hybridized carbons (Fsp3) is 0.200. The first-order valence-electron chi connectivity index (χ1n) is 9.15. The van der Waals surface area contributed by atoms with Gasteiger partial charge in [-0.1, -0.05) is 0 Å². The van der Waals surface area contributed by atoms with E-state index in [0.29, 0.717) is 60.6 Å². The minimum absolute atomic E-state index is 0.470. The van der Waals surface area contributed by atoms with E-state index in [-0.39, 0.29) is 0 Å². The second kappa shape index (κ2) is 8.95. The average molecular weight is 410 g/mol. The zero-order valence-corrected chi connectivity index (χ0v) is 15.8. The van der Waals surface area contributed by atoms with Gasteiger partial charge in [-0.15, -0.1) is 0 Å². The summed E-state index contributed by atoms with van der Waals surface area (Å²) < 4.78 is 21.8. The Balaban J connectivity index is 1.27. The van der Waals surface area contributed by atoms with Gasteiger partial charge in [0.05, 0.1) is 12.4 Å². The number of carbonyl (C=O) groups is 2. The van der Waals surface area contributed by atoms with Gasteiger partial charge in [0, 0.05) is 0 Å². The van der Waals surface area contributed by atoms with Gasteiger partial charge in [-0.05, 0) is 47.5 Å². The Morgan fingerprint density at radius 2 is 1.07 bits per heavy atom. The number of hydrogen-bond donors (Lipinski definition) is 2. The van der Waals surface area contributed by atoms with Crippen molar-refractivity contribution in [2.75, 3.05) is 26.4 Å². The van der Waals surface area contributed by atoms with Crippen LogP contribution in [0.2, 0.25) is 0 Å². The lowest BCUT2D eigenvalue weighted by atomic mass is 10.2. The predicted octanol–water partition coefficient (Wildman–Crippen LogP) is 0.829. The number of rotatable bonds is 4. The molecule has 10 nitrogen and oxygen atoms in total. The number of amides is 2. The van der Waals surface area contributed by atoms with Crippen LogP contribution in [0.15, 0.2) is 46.6 Å². The van der Waals surface area contributed by atoms with Crippen LogP contribution in [-0.2, 0) is 9.59 Å². The van der Waals surface area contributed by atoms with Crippen LogP contribution in [0.5, 0.6) is 23.0 Å². The summed E-state index contributed by atoms with van der Waals surface area (Å²) >= 11 is 0. The van der Waals surface area contributed by atoms with Gasteiger partial charge in [-0.3, -0.25) is 9.59 Å². The molecule has 0 saturated carbocycles. The molecule has 0 bridgehead atoms. The first-order chi connectivity index (χ1) is 14.7. The minimum Gasteiger partial charge on any atom is -0.486 e. The molecule has 2 aliphatic heterocycles. The molecule has 2 N–H and O–H groups in total. The number of nitrogens with zero attached hydrogens (tertiary/aromatic N) is 2. The predicted molar refractivity (Wildman–Crippen MR) is 106 cm³/mol. The molecule has 2 aliphatic rings. The monoisotopic (exact) mass is 410 g/mol. The molecule has 0 radical (unpaired) electrons. The topological polar surface area (TPSA) is 120 Å². The van der Waals surface area contributed by atoms with Gasteiger partial charge >= 0.3 is 11.8 Å². The zero-order chi connectivity index (χ0) is 20.8. The van der Waals surface area contributed by atoms with Crippen LogP contribution in [0.25, 0.3) is 0 Å². The smallest absolute Gasteiger partial charge is 0.331 e. The molecule has 2 aromatic carbocycles. The Bertz CT molecular complexity index is 939. The first-order valence-corrected chi connectivity index (χ1v) is 9.15. The van der Waals surface area contributed by atoms with Crippen molar-refractivity contribution in [1.29, 1.82) is 0 Å². The lowest BCUT2D eigenvalue weighted by molar-refractivity contribution is -0.139. The van der Waals surface area contributed by atoms with Crippen LogP contribution in [0.1, 0.15) is 11.1 Å². The molecule has 0 atom stereocenters. The van der Waals surface area contributed by atoms with Crippen LogP contribution in [0.4, 0.5) is 0 Å². The van der Waals surface area contributed by atoms with Crippen molar-refractivity contribution in [1.82, 2.24) is 10.9 Å². The Morgan fingerprint density at radius 1 is 0.667 bits per heavy atom. The number of carbonyl (C=O) groups excluding carboxylic acids is 2. The lowest BCUT2D eigenvalue weighted by Gasteiger charge is -2.18. The van der Waals surface area contributed by atoms with E-state index in [0.717, 1.165) is 0 Å². The number of hydrogen-bond acceptors (Lipinski definition) is 8. The quantitative estimate of drug-likeness (QED) is 0.438. The molecule has 2 amide bonds. The molecule has 0 aliphatic carbocycles. The molecule has 0 spiro atoms. The average Bonchev–Trinajstić information content (AvgIpc) is 2.78. The molecular formula is C20H18N4O6. The van der Waals surface area contributed by atoms with Crippen molar-refractivity contribution in [3.63, 3.8) is 0 Å². The van der Waals surface area contributed by atoms with E-state index in [1.54, 1.807) is 36.4 Å². The summed E-state index contributed by atoms with van der Waals surface area (Å²) in [5, 5.41) is 7.52. The van der Waals surface area contributed by atoms with Gasteiger partial charge in [-0.25, -0.2) is 10.9 Å². The molecule has 154 valence electrons. The largest absolute Gasteiger partial charge is 0.486 e. The summed E-state index contributed by atoms with van der Waals surface area (Å²) in [6.45, 7) is 1.94. The van der Waals surface area contributed by atoms with Crippen LogP contribution in [-0.4, -0.2) is 50.7 Å². The minimum atomic E-state index is -0.955. The molecule has 2 aromatic rings. The number of hydrazone groups is 2. The summed E-state index contributed by atoms with van der Waals surface area (Å²) in [5.41, 5.74) is 5.63. The van der Waals surface area contributed by atoms with Gasteiger partial charge in [0.1, 0.15) is 26.4 Å². The van der Waals surface area contributed by atoms with Gasteiger partial charge in [0.15, 0.2) is 23.0 Å². The number of nitrogens with one attached hydrogen (secondary N) is 2. The maximum atomic E-state index is 11.8. The summed E-state index contributed by atoms with van der Waals surface area (Å²) in [6, 6.07) is 10.4. The van der Waals surface area contributed by atoms with Crippen LogP contribution in [0.3, 0.4) is 0 Å². The summed E-state index contributed by atoms with van der Waals surface area (Å²) in [7, 11) is 0.